The van der Waals surface area contributed by atoms with E-state index in [9.17, 15) is 14.7 Å². The molecular weight excluding hydrogens is 332 g/mol. The van der Waals surface area contributed by atoms with Crippen molar-refractivity contribution < 1.29 is 19.4 Å². The van der Waals surface area contributed by atoms with E-state index < -0.39 is 5.97 Å². The summed E-state index contributed by atoms with van der Waals surface area (Å²) >= 11 is 0. The number of carbonyl (C=O) groups is 2. The molecule has 2 heterocycles. The minimum atomic E-state index is -1.09. The number of anilines is 1. The molecule has 0 aliphatic carbocycles. The van der Waals surface area contributed by atoms with E-state index in [2.05, 4.69) is 10.3 Å². The minimum absolute atomic E-state index is 0.0392. The van der Waals surface area contributed by atoms with Gasteiger partial charge >= 0.3 is 5.97 Å². The van der Waals surface area contributed by atoms with Gasteiger partial charge in [0.1, 0.15) is 11.4 Å². The molecule has 0 spiro atoms. The van der Waals surface area contributed by atoms with Gasteiger partial charge in [0.25, 0.3) is 5.91 Å². The zero-order valence-corrected chi connectivity index (χ0v) is 14.2. The van der Waals surface area contributed by atoms with E-state index in [-0.39, 0.29) is 11.6 Å². The average molecular weight is 348 g/mol. The number of aromatic nitrogens is 1. The van der Waals surface area contributed by atoms with Gasteiger partial charge in [-0.3, -0.25) is 4.79 Å². The Labute approximate surface area is 149 Å². The molecule has 130 valence electrons. The molecule has 4 rings (SSSR count). The van der Waals surface area contributed by atoms with Crippen molar-refractivity contribution in [1.29, 1.82) is 0 Å². The van der Waals surface area contributed by atoms with Crippen LogP contribution < -0.4 is 10.1 Å². The number of amides is 1. The molecule has 0 saturated carbocycles. The smallest absolute Gasteiger partial charge is 0.352 e. The highest BCUT2D eigenvalue weighted by atomic mass is 16.5. The molecule has 0 saturated heterocycles. The summed E-state index contributed by atoms with van der Waals surface area (Å²) in [6, 6.07) is 11.0. The summed E-state index contributed by atoms with van der Waals surface area (Å²) in [5.74, 6) is -0.684. The first-order valence-corrected chi connectivity index (χ1v) is 8.05. The molecule has 1 amide bonds. The molecule has 0 bridgehead atoms. The van der Waals surface area contributed by atoms with Crippen LogP contribution in [0.25, 0.3) is 22.6 Å². The number of carbonyl (C=O) groups excluding carboxylic acids is 1. The van der Waals surface area contributed by atoms with Gasteiger partial charge in [-0.05, 0) is 36.8 Å². The summed E-state index contributed by atoms with van der Waals surface area (Å²) in [6.45, 7) is 1.89. The highest BCUT2D eigenvalue weighted by Crippen LogP contribution is 2.36. The van der Waals surface area contributed by atoms with E-state index in [1.54, 1.807) is 19.3 Å². The zero-order chi connectivity index (χ0) is 18.4. The fourth-order valence-corrected chi connectivity index (χ4v) is 3.32. The van der Waals surface area contributed by atoms with Crippen LogP contribution in [-0.4, -0.2) is 29.1 Å². The van der Waals surface area contributed by atoms with Crippen molar-refractivity contribution in [3.05, 3.63) is 58.8 Å². The van der Waals surface area contributed by atoms with Crippen LogP contribution in [0, 0.1) is 6.92 Å². The fourth-order valence-electron chi connectivity index (χ4n) is 3.32. The number of hydrogen-bond donors (Lipinski definition) is 3. The third-order valence-electron chi connectivity index (χ3n) is 4.57. The predicted molar refractivity (Wildman–Crippen MR) is 99.5 cm³/mol. The van der Waals surface area contributed by atoms with Crippen molar-refractivity contribution in [2.75, 3.05) is 12.4 Å². The maximum Gasteiger partial charge on any atom is 0.352 e. The molecule has 0 fully saturated rings. The van der Waals surface area contributed by atoms with E-state index in [4.69, 9.17) is 4.74 Å². The van der Waals surface area contributed by atoms with Gasteiger partial charge in [0.2, 0.25) is 0 Å². The second-order valence-corrected chi connectivity index (χ2v) is 6.14. The fraction of sp³-hybridized carbons (Fsp3) is 0.100. The molecule has 1 aromatic heterocycles. The molecule has 3 aromatic rings. The third kappa shape index (κ3) is 2.35. The number of para-hydroxylation sites is 1. The highest BCUT2D eigenvalue weighted by Gasteiger charge is 2.25. The van der Waals surface area contributed by atoms with Crippen LogP contribution in [-0.2, 0) is 4.79 Å². The summed E-state index contributed by atoms with van der Waals surface area (Å²) in [6.07, 6.45) is 1.62. The Kier molecular flexibility index (Phi) is 3.54. The Morgan fingerprint density at radius 1 is 1.23 bits per heavy atom. The van der Waals surface area contributed by atoms with E-state index in [0.29, 0.717) is 33.5 Å². The van der Waals surface area contributed by atoms with Gasteiger partial charge in [0, 0.05) is 33.3 Å². The van der Waals surface area contributed by atoms with Crippen LogP contribution >= 0.6 is 0 Å². The highest BCUT2D eigenvalue weighted by molar-refractivity contribution is 6.35. The van der Waals surface area contributed by atoms with Crippen molar-refractivity contribution in [1.82, 2.24) is 4.98 Å². The summed E-state index contributed by atoms with van der Waals surface area (Å²) in [5.41, 5.74) is 3.96. The Morgan fingerprint density at radius 2 is 2.00 bits per heavy atom. The van der Waals surface area contributed by atoms with Gasteiger partial charge in [0.05, 0.1) is 7.11 Å². The van der Waals surface area contributed by atoms with Crippen LogP contribution in [0.15, 0.2) is 36.4 Å². The number of aromatic carboxylic acids is 1. The topological polar surface area (TPSA) is 91.4 Å². The third-order valence-corrected chi connectivity index (χ3v) is 4.57. The van der Waals surface area contributed by atoms with Crippen molar-refractivity contribution in [2.45, 2.75) is 6.92 Å². The van der Waals surface area contributed by atoms with Gasteiger partial charge in [-0.25, -0.2) is 4.79 Å². The monoisotopic (exact) mass is 348 g/mol. The molecule has 0 radical (unpaired) electrons. The Hall–Kier alpha value is -3.54. The zero-order valence-electron chi connectivity index (χ0n) is 14.2. The second kappa shape index (κ2) is 5.77. The van der Waals surface area contributed by atoms with E-state index in [1.807, 2.05) is 37.3 Å². The summed E-state index contributed by atoms with van der Waals surface area (Å²) < 4.78 is 5.36. The van der Waals surface area contributed by atoms with Gasteiger partial charge in [-0.1, -0.05) is 18.2 Å². The number of ether oxygens (including phenoxy) is 1. The van der Waals surface area contributed by atoms with Crippen molar-refractivity contribution in [3.8, 4) is 5.75 Å². The van der Waals surface area contributed by atoms with Crippen molar-refractivity contribution in [3.63, 3.8) is 0 Å². The number of aromatic amines is 1. The van der Waals surface area contributed by atoms with Gasteiger partial charge < -0.3 is 20.1 Å². The summed E-state index contributed by atoms with van der Waals surface area (Å²) in [5, 5.41) is 13.1. The lowest BCUT2D eigenvalue weighted by atomic mass is 10.0. The van der Waals surface area contributed by atoms with E-state index in [0.717, 1.165) is 11.1 Å². The molecular formula is C20H16N2O4. The number of methoxy groups -OCH3 is 1. The molecule has 6 nitrogen and oxygen atoms in total. The lowest BCUT2D eigenvalue weighted by Crippen LogP contribution is -2.04. The first kappa shape index (κ1) is 16.0. The summed E-state index contributed by atoms with van der Waals surface area (Å²) in [4.78, 5) is 27.1. The molecule has 3 N–H and O–H groups in total. The standard InChI is InChI=1S/C20H16N2O4/c1-10-7-16-12(9-17(10)26-2)13(18(21-16)20(24)25)8-14-11-5-3-4-6-15(11)22-19(14)23/h3-9,21H,1-2H3,(H,22,23)(H,24,25)/b14-8-. The van der Waals surface area contributed by atoms with Crippen LogP contribution in [0.3, 0.4) is 0 Å². The van der Waals surface area contributed by atoms with E-state index in [1.165, 1.54) is 0 Å². The lowest BCUT2D eigenvalue weighted by molar-refractivity contribution is -0.110. The number of rotatable bonds is 3. The normalized spacial score (nSPS) is 14.5. The maximum absolute atomic E-state index is 12.4. The number of nitrogens with one attached hydrogen (secondary N) is 2. The molecule has 1 aliphatic heterocycles. The van der Waals surface area contributed by atoms with Crippen LogP contribution in [0.5, 0.6) is 5.75 Å². The molecule has 0 atom stereocenters. The van der Waals surface area contributed by atoms with Gasteiger partial charge in [-0.2, -0.15) is 0 Å². The quantitative estimate of drug-likeness (QED) is 0.630. The Morgan fingerprint density at radius 3 is 2.73 bits per heavy atom. The van der Waals surface area contributed by atoms with Crippen molar-refractivity contribution >= 4 is 40.1 Å². The Bertz CT molecular complexity index is 1110. The molecule has 1 aliphatic rings. The van der Waals surface area contributed by atoms with Crippen LogP contribution in [0.4, 0.5) is 5.69 Å². The first-order chi connectivity index (χ1) is 12.5. The largest absolute Gasteiger partial charge is 0.496 e. The Balaban J connectivity index is 2.00. The number of hydrogen-bond acceptors (Lipinski definition) is 3. The summed E-state index contributed by atoms with van der Waals surface area (Å²) in [7, 11) is 1.57. The number of carboxylic acid groups (broad SMARTS) is 1. The van der Waals surface area contributed by atoms with Crippen LogP contribution in [0.2, 0.25) is 0 Å². The lowest BCUT2D eigenvalue weighted by Gasteiger charge is -2.05. The number of fused-ring (bicyclic) bond motifs is 2. The first-order valence-electron chi connectivity index (χ1n) is 8.05. The molecule has 0 unspecified atom stereocenters. The maximum atomic E-state index is 12.4. The second-order valence-electron chi connectivity index (χ2n) is 6.14. The van der Waals surface area contributed by atoms with Crippen LogP contribution in [0.1, 0.15) is 27.2 Å². The molecule has 26 heavy (non-hydrogen) atoms. The van der Waals surface area contributed by atoms with Gasteiger partial charge in [0.15, 0.2) is 0 Å². The number of benzene rings is 2. The van der Waals surface area contributed by atoms with Gasteiger partial charge in [-0.15, -0.1) is 0 Å². The molecule has 2 aromatic carbocycles. The average Bonchev–Trinajstić information content (AvgIpc) is 3.12. The van der Waals surface area contributed by atoms with Crippen molar-refractivity contribution in [2.24, 2.45) is 0 Å². The number of aryl methyl sites for hydroxylation is 1. The minimum Gasteiger partial charge on any atom is -0.496 e. The SMILES string of the molecule is COc1cc2c(/C=C3\C(=O)Nc4ccccc43)c(C(=O)O)[nH]c2cc1C. The van der Waals surface area contributed by atoms with E-state index >= 15 is 0 Å². The number of H-pyrrole nitrogens is 1. The predicted octanol–water partition coefficient (Wildman–Crippen LogP) is 3.68. The number of carboxylic acids is 1. The molecule has 6 heteroatoms.